The first-order valence-corrected chi connectivity index (χ1v) is 6.63. The molecule has 0 radical (unpaired) electrons. The minimum Gasteiger partial charge on any atom is -0.491 e. The lowest BCUT2D eigenvalue weighted by molar-refractivity contribution is 0.0951. The normalized spacial score (nSPS) is 10.3. The van der Waals surface area contributed by atoms with Gasteiger partial charge in [0.15, 0.2) is 11.6 Å². The monoisotopic (exact) mass is 307 g/mol. The summed E-state index contributed by atoms with van der Waals surface area (Å²) in [6, 6.07) is 6.92. The maximum absolute atomic E-state index is 14.1. The molecule has 0 aliphatic rings. The van der Waals surface area contributed by atoms with Crippen LogP contribution in [-0.4, -0.2) is 17.5 Å². The molecule has 7 heteroatoms. The largest absolute Gasteiger partial charge is 0.491 e. The van der Waals surface area contributed by atoms with Crippen LogP contribution in [0, 0.1) is 11.8 Å². The molecule has 0 bridgehead atoms. The molecule has 5 nitrogen and oxygen atoms in total. The molecule has 0 unspecified atom stereocenters. The Bertz CT molecular complexity index is 692. The number of halogens is 2. The van der Waals surface area contributed by atoms with Crippen LogP contribution in [0.3, 0.4) is 0 Å². The molecule has 1 amide bonds. The predicted octanol–water partition coefficient (Wildman–Crippen LogP) is 2.27. The fraction of sp³-hybridized carbons (Fsp3) is 0.200. The Morgan fingerprint density at radius 3 is 2.77 bits per heavy atom. The number of nitrogens with one attached hydrogen (secondary N) is 1. The van der Waals surface area contributed by atoms with Crippen LogP contribution in [0.5, 0.6) is 5.75 Å². The smallest absolute Gasteiger partial charge is 0.255 e. The van der Waals surface area contributed by atoms with Gasteiger partial charge < -0.3 is 15.8 Å². The summed E-state index contributed by atoms with van der Waals surface area (Å²) < 4.78 is 32.1. The molecule has 0 saturated heterocycles. The molecular weight excluding hydrogens is 292 g/mol. The predicted molar refractivity (Wildman–Crippen MR) is 77.3 cm³/mol. The molecule has 22 heavy (non-hydrogen) atoms. The summed E-state index contributed by atoms with van der Waals surface area (Å²) in [5.41, 5.74) is 5.78. The number of carbonyl (C=O) groups excluding carboxylic acids is 1. The van der Waals surface area contributed by atoms with Crippen molar-refractivity contribution in [1.82, 2.24) is 10.3 Å². The first-order valence-electron chi connectivity index (χ1n) is 6.63. The van der Waals surface area contributed by atoms with Crippen molar-refractivity contribution in [2.75, 3.05) is 12.3 Å². The number of benzene rings is 1. The van der Waals surface area contributed by atoms with E-state index in [0.717, 1.165) is 6.07 Å². The van der Waals surface area contributed by atoms with Gasteiger partial charge in [-0.1, -0.05) is 12.1 Å². The molecule has 0 aliphatic carbocycles. The van der Waals surface area contributed by atoms with Gasteiger partial charge in [-0.05, 0) is 25.1 Å². The molecule has 0 atom stereocenters. The molecule has 0 spiro atoms. The van der Waals surface area contributed by atoms with E-state index in [2.05, 4.69) is 10.3 Å². The lowest BCUT2D eigenvalue weighted by atomic mass is 10.2. The number of ether oxygens (including phenoxy) is 1. The van der Waals surface area contributed by atoms with Crippen LogP contribution >= 0.6 is 0 Å². The Labute approximate surface area is 126 Å². The van der Waals surface area contributed by atoms with Crippen molar-refractivity contribution in [3.63, 3.8) is 0 Å². The third-order valence-corrected chi connectivity index (χ3v) is 2.92. The zero-order valence-corrected chi connectivity index (χ0v) is 11.9. The summed E-state index contributed by atoms with van der Waals surface area (Å²) in [5, 5.41) is 2.51. The highest BCUT2D eigenvalue weighted by Crippen LogP contribution is 2.20. The van der Waals surface area contributed by atoms with E-state index >= 15 is 0 Å². The van der Waals surface area contributed by atoms with E-state index in [4.69, 9.17) is 10.5 Å². The van der Waals surface area contributed by atoms with Crippen LogP contribution < -0.4 is 15.8 Å². The summed E-state index contributed by atoms with van der Waals surface area (Å²) in [4.78, 5) is 15.3. The summed E-state index contributed by atoms with van der Waals surface area (Å²) in [5.74, 6) is -1.97. The number of rotatable bonds is 5. The van der Waals surface area contributed by atoms with E-state index in [0.29, 0.717) is 6.61 Å². The SMILES string of the molecule is CCOc1cccc(CNC(=O)c2ccc(F)nc2N)c1F. The third-order valence-electron chi connectivity index (χ3n) is 2.92. The van der Waals surface area contributed by atoms with Crippen molar-refractivity contribution in [2.24, 2.45) is 0 Å². The van der Waals surface area contributed by atoms with Gasteiger partial charge in [-0.25, -0.2) is 9.37 Å². The molecule has 116 valence electrons. The van der Waals surface area contributed by atoms with E-state index in [1.54, 1.807) is 13.0 Å². The van der Waals surface area contributed by atoms with Gasteiger partial charge in [0.1, 0.15) is 5.82 Å². The van der Waals surface area contributed by atoms with Crippen molar-refractivity contribution in [1.29, 1.82) is 0 Å². The maximum atomic E-state index is 14.1. The molecule has 0 aliphatic heterocycles. The molecule has 0 saturated carbocycles. The van der Waals surface area contributed by atoms with Crippen LogP contribution in [-0.2, 0) is 6.54 Å². The molecule has 0 fully saturated rings. The Kier molecular flexibility index (Phi) is 4.88. The topological polar surface area (TPSA) is 77.2 Å². The highest BCUT2D eigenvalue weighted by molar-refractivity contribution is 5.98. The summed E-state index contributed by atoms with van der Waals surface area (Å²) in [6.45, 7) is 2.03. The van der Waals surface area contributed by atoms with E-state index in [-0.39, 0.29) is 29.2 Å². The van der Waals surface area contributed by atoms with Gasteiger partial charge in [0.2, 0.25) is 5.95 Å². The Hall–Kier alpha value is -2.70. The van der Waals surface area contributed by atoms with Gasteiger partial charge >= 0.3 is 0 Å². The minimum absolute atomic E-state index is 0.0303. The van der Waals surface area contributed by atoms with E-state index < -0.39 is 17.7 Å². The number of amides is 1. The maximum Gasteiger partial charge on any atom is 0.255 e. The van der Waals surface area contributed by atoms with Gasteiger partial charge in [-0.2, -0.15) is 4.39 Å². The van der Waals surface area contributed by atoms with E-state index in [1.807, 2.05) is 0 Å². The lowest BCUT2D eigenvalue weighted by Gasteiger charge is -2.10. The standard InChI is InChI=1S/C15H15F2N3O2/c1-2-22-11-5-3-4-9(13(11)17)8-19-15(21)10-6-7-12(16)20-14(10)18/h3-7H,2,8H2,1H3,(H2,18,20)(H,19,21). The lowest BCUT2D eigenvalue weighted by Crippen LogP contribution is -2.24. The number of carbonyl (C=O) groups is 1. The van der Waals surface area contributed by atoms with Crippen LogP contribution in [0.15, 0.2) is 30.3 Å². The van der Waals surface area contributed by atoms with Crippen molar-refractivity contribution >= 4 is 11.7 Å². The molecule has 2 aromatic rings. The number of nitrogens with two attached hydrogens (primary N) is 1. The van der Waals surface area contributed by atoms with Crippen LogP contribution in [0.1, 0.15) is 22.8 Å². The van der Waals surface area contributed by atoms with Gasteiger partial charge in [0.25, 0.3) is 5.91 Å². The second kappa shape index (κ2) is 6.84. The van der Waals surface area contributed by atoms with Crippen LogP contribution in [0.25, 0.3) is 0 Å². The van der Waals surface area contributed by atoms with Crippen molar-refractivity contribution < 1.29 is 18.3 Å². The molecule has 1 aromatic carbocycles. The first-order chi connectivity index (χ1) is 10.5. The van der Waals surface area contributed by atoms with Crippen LogP contribution in [0.4, 0.5) is 14.6 Å². The number of hydrogen-bond acceptors (Lipinski definition) is 4. The number of aromatic nitrogens is 1. The van der Waals surface area contributed by atoms with Gasteiger partial charge in [0, 0.05) is 12.1 Å². The highest BCUT2D eigenvalue weighted by Gasteiger charge is 2.14. The third kappa shape index (κ3) is 3.49. The van der Waals surface area contributed by atoms with Gasteiger partial charge in [-0.15, -0.1) is 0 Å². The molecule has 1 aromatic heterocycles. The van der Waals surface area contributed by atoms with Crippen molar-refractivity contribution in [3.8, 4) is 5.75 Å². The van der Waals surface area contributed by atoms with Gasteiger partial charge in [0.05, 0.1) is 12.2 Å². The summed E-state index contributed by atoms with van der Waals surface area (Å²) in [6.07, 6.45) is 0. The second-order valence-corrected chi connectivity index (χ2v) is 4.41. The number of nitrogen functional groups attached to an aromatic ring is 1. The molecule has 2 rings (SSSR count). The summed E-state index contributed by atoms with van der Waals surface area (Å²) >= 11 is 0. The number of hydrogen-bond donors (Lipinski definition) is 2. The van der Waals surface area contributed by atoms with E-state index in [9.17, 15) is 13.6 Å². The number of anilines is 1. The Morgan fingerprint density at radius 2 is 2.09 bits per heavy atom. The Morgan fingerprint density at radius 1 is 1.32 bits per heavy atom. The minimum atomic E-state index is -0.774. The van der Waals surface area contributed by atoms with Crippen molar-refractivity contribution in [3.05, 3.63) is 53.2 Å². The molecular formula is C15H15F2N3O2. The molecule has 3 N–H and O–H groups in total. The zero-order valence-electron chi connectivity index (χ0n) is 11.9. The fourth-order valence-corrected chi connectivity index (χ4v) is 1.87. The molecule has 1 heterocycles. The van der Waals surface area contributed by atoms with Gasteiger partial charge in [-0.3, -0.25) is 4.79 Å². The first kappa shape index (κ1) is 15.7. The second-order valence-electron chi connectivity index (χ2n) is 4.41. The zero-order chi connectivity index (χ0) is 16.1. The quantitative estimate of drug-likeness (QED) is 0.831. The number of pyridine rings is 1. The average Bonchev–Trinajstić information content (AvgIpc) is 2.48. The fourth-order valence-electron chi connectivity index (χ4n) is 1.87. The average molecular weight is 307 g/mol. The Balaban J connectivity index is 2.09. The highest BCUT2D eigenvalue weighted by atomic mass is 19.1. The summed E-state index contributed by atoms with van der Waals surface area (Å²) in [7, 11) is 0. The van der Waals surface area contributed by atoms with E-state index in [1.165, 1.54) is 18.2 Å². The number of nitrogens with zero attached hydrogens (tertiary/aromatic N) is 1. The van der Waals surface area contributed by atoms with Crippen LogP contribution in [0.2, 0.25) is 0 Å². The van der Waals surface area contributed by atoms with Crippen molar-refractivity contribution in [2.45, 2.75) is 13.5 Å².